The van der Waals surface area contributed by atoms with Gasteiger partial charge in [0.2, 0.25) is 0 Å². The maximum absolute atomic E-state index is 6.14. The van der Waals surface area contributed by atoms with E-state index in [9.17, 15) is 0 Å². The largest absolute Gasteiger partial charge is 0.367 e. The van der Waals surface area contributed by atoms with Gasteiger partial charge in [0, 0.05) is 25.2 Å². The van der Waals surface area contributed by atoms with Crippen LogP contribution in [0.5, 0.6) is 0 Å². The zero-order chi connectivity index (χ0) is 14.3. The zero-order valence-corrected chi connectivity index (χ0v) is 13.3. The minimum Gasteiger partial charge on any atom is -0.367 e. The van der Waals surface area contributed by atoms with Crippen LogP contribution in [0.15, 0.2) is 12.1 Å². The standard InChI is InChI=1S/C14H20Cl2N2O/c1-13(2)8-18(9-14(3,4)19-13)7-10-5-6-11(15)17-12(10)16/h5-6H,7-9H2,1-4H3. The predicted octanol–water partition coefficient (Wildman–Crippen LogP) is 3.78. The fourth-order valence-electron chi connectivity index (χ4n) is 2.86. The molecule has 0 unspecified atom stereocenters. The van der Waals surface area contributed by atoms with Crippen molar-refractivity contribution in [2.45, 2.75) is 45.4 Å². The highest BCUT2D eigenvalue weighted by Gasteiger charge is 2.38. The predicted molar refractivity (Wildman–Crippen MR) is 78.8 cm³/mol. The second-order valence-corrected chi connectivity index (χ2v) is 7.10. The van der Waals surface area contributed by atoms with Gasteiger partial charge >= 0.3 is 0 Å². The molecule has 0 atom stereocenters. The average molecular weight is 303 g/mol. The van der Waals surface area contributed by atoms with E-state index < -0.39 is 0 Å². The van der Waals surface area contributed by atoms with Crippen LogP contribution in [-0.4, -0.2) is 34.2 Å². The second-order valence-electron chi connectivity index (χ2n) is 6.35. The maximum atomic E-state index is 6.14. The summed E-state index contributed by atoms with van der Waals surface area (Å²) in [7, 11) is 0. The van der Waals surface area contributed by atoms with E-state index in [0.29, 0.717) is 10.3 Å². The quantitative estimate of drug-likeness (QED) is 0.778. The molecule has 106 valence electrons. The van der Waals surface area contributed by atoms with Gasteiger partial charge in [-0.3, -0.25) is 4.90 Å². The highest BCUT2D eigenvalue weighted by Crippen LogP contribution is 2.29. The summed E-state index contributed by atoms with van der Waals surface area (Å²) in [6.07, 6.45) is 0. The number of hydrogen-bond donors (Lipinski definition) is 0. The summed E-state index contributed by atoms with van der Waals surface area (Å²) < 4.78 is 6.07. The van der Waals surface area contributed by atoms with Crippen molar-refractivity contribution in [1.82, 2.24) is 9.88 Å². The van der Waals surface area contributed by atoms with Gasteiger partial charge < -0.3 is 4.74 Å². The molecule has 0 amide bonds. The number of aromatic nitrogens is 1. The van der Waals surface area contributed by atoms with Crippen LogP contribution >= 0.6 is 23.2 Å². The zero-order valence-electron chi connectivity index (χ0n) is 11.8. The Labute approximate surface area is 124 Å². The SMILES string of the molecule is CC1(C)CN(Cc2ccc(Cl)nc2Cl)CC(C)(C)O1. The molecule has 1 saturated heterocycles. The number of nitrogens with zero attached hydrogens (tertiary/aromatic N) is 2. The van der Waals surface area contributed by atoms with Crippen molar-refractivity contribution in [3.8, 4) is 0 Å². The normalized spacial score (nSPS) is 22.4. The number of morpholine rings is 1. The van der Waals surface area contributed by atoms with E-state index in [1.54, 1.807) is 6.07 Å². The molecule has 0 aromatic carbocycles. The van der Waals surface area contributed by atoms with Gasteiger partial charge in [-0.15, -0.1) is 0 Å². The van der Waals surface area contributed by atoms with E-state index >= 15 is 0 Å². The minimum atomic E-state index is -0.159. The number of hydrogen-bond acceptors (Lipinski definition) is 3. The fourth-order valence-corrected chi connectivity index (χ4v) is 3.26. The molecule has 1 fully saturated rings. The molecule has 0 bridgehead atoms. The minimum absolute atomic E-state index is 0.159. The van der Waals surface area contributed by atoms with Gasteiger partial charge in [-0.2, -0.15) is 0 Å². The van der Waals surface area contributed by atoms with Crippen LogP contribution in [-0.2, 0) is 11.3 Å². The Kier molecular flexibility index (Phi) is 4.12. The van der Waals surface area contributed by atoms with Crippen molar-refractivity contribution in [2.75, 3.05) is 13.1 Å². The number of rotatable bonds is 2. The lowest BCUT2D eigenvalue weighted by Crippen LogP contribution is -2.56. The van der Waals surface area contributed by atoms with Gasteiger partial charge in [-0.25, -0.2) is 4.98 Å². The van der Waals surface area contributed by atoms with Crippen LogP contribution in [0.3, 0.4) is 0 Å². The lowest BCUT2D eigenvalue weighted by Gasteiger charge is -2.47. The monoisotopic (exact) mass is 302 g/mol. The second kappa shape index (κ2) is 5.21. The molecule has 0 spiro atoms. The molecule has 0 aliphatic carbocycles. The summed E-state index contributed by atoms with van der Waals surface area (Å²) in [5.41, 5.74) is 0.682. The van der Waals surface area contributed by atoms with Gasteiger partial charge in [-0.05, 0) is 33.8 Å². The molecule has 1 aliphatic rings. The van der Waals surface area contributed by atoms with Crippen LogP contribution < -0.4 is 0 Å². The van der Waals surface area contributed by atoms with Crippen LogP contribution in [0.2, 0.25) is 10.3 Å². The van der Waals surface area contributed by atoms with E-state index in [-0.39, 0.29) is 11.2 Å². The van der Waals surface area contributed by atoms with E-state index in [0.717, 1.165) is 25.2 Å². The fraction of sp³-hybridized carbons (Fsp3) is 0.643. The molecule has 2 rings (SSSR count). The highest BCUT2D eigenvalue weighted by molar-refractivity contribution is 6.32. The average Bonchev–Trinajstić information content (AvgIpc) is 2.17. The Balaban J connectivity index is 2.14. The lowest BCUT2D eigenvalue weighted by molar-refractivity contribution is -0.182. The summed E-state index contributed by atoms with van der Waals surface area (Å²) in [5, 5.41) is 0.908. The van der Waals surface area contributed by atoms with Crippen molar-refractivity contribution < 1.29 is 4.74 Å². The smallest absolute Gasteiger partial charge is 0.135 e. The Morgan fingerprint density at radius 1 is 1.16 bits per heavy atom. The molecule has 19 heavy (non-hydrogen) atoms. The van der Waals surface area contributed by atoms with Crippen molar-refractivity contribution >= 4 is 23.2 Å². The first kappa shape index (κ1) is 15.0. The van der Waals surface area contributed by atoms with Crippen molar-refractivity contribution in [2.24, 2.45) is 0 Å². The first-order chi connectivity index (χ1) is 8.67. The first-order valence-electron chi connectivity index (χ1n) is 6.40. The third-order valence-corrected chi connectivity index (χ3v) is 3.59. The van der Waals surface area contributed by atoms with Crippen LogP contribution in [0.1, 0.15) is 33.3 Å². The van der Waals surface area contributed by atoms with E-state index in [1.165, 1.54) is 0 Å². The molecule has 0 N–H and O–H groups in total. The summed E-state index contributed by atoms with van der Waals surface area (Å²) >= 11 is 12.0. The highest BCUT2D eigenvalue weighted by atomic mass is 35.5. The number of pyridine rings is 1. The number of halogens is 2. The molecule has 0 radical (unpaired) electrons. The van der Waals surface area contributed by atoms with Gasteiger partial charge in [0.1, 0.15) is 10.3 Å². The molecule has 1 aromatic heterocycles. The topological polar surface area (TPSA) is 25.4 Å². The Morgan fingerprint density at radius 2 is 1.74 bits per heavy atom. The maximum Gasteiger partial charge on any atom is 0.135 e. The Bertz CT molecular complexity index is 459. The lowest BCUT2D eigenvalue weighted by atomic mass is 9.98. The molecule has 1 aromatic rings. The third-order valence-electron chi connectivity index (χ3n) is 3.05. The van der Waals surface area contributed by atoms with E-state index in [4.69, 9.17) is 27.9 Å². The van der Waals surface area contributed by atoms with Gasteiger partial charge in [-0.1, -0.05) is 29.3 Å². The summed E-state index contributed by atoms with van der Waals surface area (Å²) in [5.74, 6) is 0. The van der Waals surface area contributed by atoms with Crippen molar-refractivity contribution in [3.63, 3.8) is 0 Å². The van der Waals surface area contributed by atoms with E-state index in [2.05, 4.69) is 37.6 Å². The Morgan fingerprint density at radius 3 is 2.26 bits per heavy atom. The Hall–Kier alpha value is -0.350. The molecular weight excluding hydrogens is 283 g/mol. The summed E-state index contributed by atoms with van der Waals surface area (Å²) in [4.78, 5) is 6.43. The summed E-state index contributed by atoms with van der Waals surface area (Å²) in [6, 6.07) is 3.71. The van der Waals surface area contributed by atoms with Crippen LogP contribution in [0.4, 0.5) is 0 Å². The first-order valence-corrected chi connectivity index (χ1v) is 7.16. The molecule has 0 saturated carbocycles. The number of ether oxygens (including phenoxy) is 1. The molecule has 2 heterocycles. The van der Waals surface area contributed by atoms with Gasteiger partial charge in [0.15, 0.2) is 0 Å². The van der Waals surface area contributed by atoms with Crippen LogP contribution in [0, 0.1) is 0 Å². The molecule has 1 aliphatic heterocycles. The van der Waals surface area contributed by atoms with Crippen molar-refractivity contribution in [3.05, 3.63) is 28.0 Å². The molecular formula is C14H20Cl2N2O. The molecule has 3 nitrogen and oxygen atoms in total. The van der Waals surface area contributed by atoms with Crippen LogP contribution in [0.25, 0.3) is 0 Å². The summed E-state index contributed by atoms with van der Waals surface area (Å²) in [6.45, 7) is 11.0. The van der Waals surface area contributed by atoms with E-state index in [1.807, 2.05) is 6.07 Å². The van der Waals surface area contributed by atoms with Gasteiger partial charge in [0.05, 0.1) is 11.2 Å². The van der Waals surface area contributed by atoms with Gasteiger partial charge in [0.25, 0.3) is 0 Å². The van der Waals surface area contributed by atoms with Crippen molar-refractivity contribution in [1.29, 1.82) is 0 Å². The third kappa shape index (κ3) is 4.06. The molecule has 5 heteroatoms.